The third kappa shape index (κ3) is 3.43. The van der Waals surface area contributed by atoms with E-state index in [1.165, 1.54) is 6.07 Å². The van der Waals surface area contributed by atoms with Gasteiger partial charge in [0, 0.05) is 21.9 Å². The zero-order valence-electron chi connectivity index (χ0n) is 10.0. The molecule has 0 unspecified atom stereocenters. The number of aryl methyl sites for hydroxylation is 1. The summed E-state index contributed by atoms with van der Waals surface area (Å²) in [5, 5.41) is 3.09. The number of rotatable bonds is 4. The molecule has 1 heterocycles. The second kappa shape index (κ2) is 5.82. The molecule has 1 aromatic carbocycles. The van der Waals surface area contributed by atoms with E-state index in [0.717, 1.165) is 28.7 Å². The van der Waals surface area contributed by atoms with E-state index >= 15 is 0 Å². The maximum absolute atomic E-state index is 11.5. The highest BCUT2D eigenvalue weighted by Gasteiger charge is 2.01. The number of hydrogen-bond donors (Lipinski definition) is 2. The summed E-state index contributed by atoms with van der Waals surface area (Å²) in [6.45, 7) is 2.06. The van der Waals surface area contributed by atoms with Crippen molar-refractivity contribution in [1.29, 1.82) is 0 Å². The highest BCUT2D eigenvalue weighted by atomic mass is 79.9. The van der Waals surface area contributed by atoms with Crippen LogP contribution in [0.4, 0.5) is 11.6 Å². The lowest BCUT2D eigenvalue weighted by Gasteiger charge is -2.07. The van der Waals surface area contributed by atoms with Crippen molar-refractivity contribution in [3.05, 3.63) is 50.9 Å². The predicted molar refractivity (Wildman–Crippen MR) is 76.3 cm³/mol. The molecule has 0 spiro atoms. The number of nitrogens with zero attached hydrogens (tertiary/aromatic N) is 1. The monoisotopic (exact) mass is 307 g/mol. The molecular formula is C13H14BrN3O. The van der Waals surface area contributed by atoms with E-state index in [0.29, 0.717) is 5.95 Å². The van der Waals surface area contributed by atoms with E-state index in [4.69, 9.17) is 0 Å². The second-order valence-electron chi connectivity index (χ2n) is 3.97. The van der Waals surface area contributed by atoms with Crippen LogP contribution in [0.3, 0.4) is 0 Å². The molecular weight excluding hydrogens is 294 g/mol. The lowest BCUT2D eigenvalue weighted by Crippen LogP contribution is -2.12. The van der Waals surface area contributed by atoms with Gasteiger partial charge in [-0.15, -0.1) is 0 Å². The average molecular weight is 308 g/mol. The van der Waals surface area contributed by atoms with Crippen molar-refractivity contribution < 1.29 is 0 Å². The third-order valence-corrected chi connectivity index (χ3v) is 2.88. The minimum absolute atomic E-state index is 0.133. The van der Waals surface area contributed by atoms with Crippen LogP contribution >= 0.6 is 15.9 Å². The van der Waals surface area contributed by atoms with Crippen LogP contribution in [0.1, 0.15) is 19.0 Å². The molecule has 2 N–H and O–H groups in total. The quantitative estimate of drug-likeness (QED) is 0.911. The fourth-order valence-corrected chi connectivity index (χ4v) is 2.05. The molecule has 94 valence electrons. The van der Waals surface area contributed by atoms with Crippen LogP contribution in [0, 0.1) is 0 Å². The Morgan fingerprint density at radius 3 is 2.94 bits per heavy atom. The fourth-order valence-electron chi connectivity index (χ4n) is 1.65. The molecule has 18 heavy (non-hydrogen) atoms. The zero-order chi connectivity index (χ0) is 13.0. The van der Waals surface area contributed by atoms with Gasteiger partial charge in [0.05, 0.1) is 0 Å². The second-order valence-corrected chi connectivity index (χ2v) is 4.89. The molecule has 0 aliphatic heterocycles. The summed E-state index contributed by atoms with van der Waals surface area (Å²) in [7, 11) is 0. The first-order valence-electron chi connectivity index (χ1n) is 5.80. The van der Waals surface area contributed by atoms with Crippen LogP contribution in [-0.4, -0.2) is 9.97 Å². The average Bonchev–Trinajstić information content (AvgIpc) is 2.28. The molecule has 0 amide bonds. The van der Waals surface area contributed by atoms with Gasteiger partial charge >= 0.3 is 0 Å². The minimum atomic E-state index is -0.133. The van der Waals surface area contributed by atoms with Crippen molar-refractivity contribution in [3.63, 3.8) is 0 Å². The Hall–Kier alpha value is -1.62. The van der Waals surface area contributed by atoms with Gasteiger partial charge in [0.2, 0.25) is 5.95 Å². The summed E-state index contributed by atoms with van der Waals surface area (Å²) in [5.74, 6) is 0.476. The van der Waals surface area contributed by atoms with Crippen molar-refractivity contribution in [2.45, 2.75) is 19.8 Å². The van der Waals surface area contributed by atoms with E-state index in [-0.39, 0.29) is 5.56 Å². The van der Waals surface area contributed by atoms with Gasteiger partial charge in [-0.05, 0) is 24.6 Å². The lowest BCUT2D eigenvalue weighted by molar-refractivity contribution is 0.870. The van der Waals surface area contributed by atoms with E-state index in [1.807, 2.05) is 24.3 Å². The number of hydrogen-bond acceptors (Lipinski definition) is 3. The maximum Gasteiger partial charge on any atom is 0.252 e. The van der Waals surface area contributed by atoms with Gasteiger partial charge in [-0.3, -0.25) is 9.78 Å². The Balaban J connectivity index is 2.26. The van der Waals surface area contributed by atoms with Gasteiger partial charge < -0.3 is 5.32 Å². The molecule has 2 rings (SSSR count). The molecule has 0 saturated heterocycles. The molecule has 0 aliphatic rings. The van der Waals surface area contributed by atoms with Crippen LogP contribution in [0.5, 0.6) is 0 Å². The highest BCUT2D eigenvalue weighted by molar-refractivity contribution is 9.10. The smallest absolute Gasteiger partial charge is 0.252 e. The molecule has 4 nitrogen and oxygen atoms in total. The number of aromatic nitrogens is 2. The molecule has 0 saturated carbocycles. The van der Waals surface area contributed by atoms with Gasteiger partial charge in [0.25, 0.3) is 5.56 Å². The fraction of sp³-hybridized carbons (Fsp3) is 0.231. The molecule has 0 bridgehead atoms. The first-order chi connectivity index (χ1) is 8.67. The van der Waals surface area contributed by atoms with Crippen molar-refractivity contribution in [1.82, 2.24) is 9.97 Å². The molecule has 5 heteroatoms. The Kier molecular flexibility index (Phi) is 4.15. The summed E-state index contributed by atoms with van der Waals surface area (Å²) >= 11 is 3.40. The number of H-pyrrole nitrogens is 1. The van der Waals surface area contributed by atoms with Crippen LogP contribution in [0.25, 0.3) is 0 Å². The Morgan fingerprint density at radius 2 is 2.22 bits per heavy atom. The van der Waals surface area contributed by atoms with Crippen molar-refractivity contribution in [3.8, 4) is 0 Å². The summed E-state index contributed by atoms with van der Waals surface area (Å²) in [5.41, 5.74) is 1.55. The molecule has 0 atom stereocenters. The van der Waals surface area contributed by atoms with Gasteiger partial charge in [0.1, 0.15) is 0 Å². The van der Waals surface area contributed by atoms with E-state index in [2.05, 4.69) is 38.1 Å². The van der Waals surface area contributed by atoms with E-state index in [1.54, 1.807) is 0 Å². The number of benzene rings is 1. The lowest BCUT2D eigenvalue weighted by atomic mass is 10.2. The maximum atomic E-state index is 11.5. The van der Waals surface area contributed by atoms with Gasteiger partial charge in [0.15, 0.2) is 0 Å². The first kappa shape index (κ1) is 12.8. The van der Waals surface area contributed by atoms with Crippen LogP contribution in [0.15, 0.2) is 39.6 Å². The number of nitrogens with one attached hydrogen (secondary N) is 2. The van der Waals surface area contributed by atoms with Gasteiger partial charge in [-0.2, -0.15) is 0 Å². The number of halogens is 1. The SMILES string of the molecule is CCCc1cc(=O)[nH]c(Nc2cccc(Br)c2)n1. The number of anilines is 2. The van der Waals surface area contributed by atoms with E-state index < -0.39 is 0 Å². The predicted octanol–water partition coefficient (Wildman–Crippen LogP) is 3.23. The topological polar surface area (TPSA) is 57.8 Å². The molecule has 1 aromatic heterocycles. The van der Waals surface area contributed by atoms with Crippen LogP contribution in [-0.2, 0) is 6.42 Å². The number of aromatic amines is 1. The van der Waals surface area contributed by atoms with E-state index in [9.17, 15) is 4.79 Å². The molecule has 0 fully saturated rings. The summed E-state index contributed by atoms with van der Waals surface area (Å²) < 4.78 is 0.972. The zero-order valence-corrected chi connectivity index (χ0v) is 11.6. The van der Waals surface area contributed by atoms with Gasteiger partial charge in [-0.1, -0.05) is 35.3 Å². The summed E-state index contributed by atoms with van der Waals surface area (Å²) in [6, 6.07) is 9.23. The van der Waals surface area contributed by atoms with Crippen molar-refractivity contribution >= 4 is 27.6 Å². The first-order valence-corrected chi connectivity index (χ1v) is 6.59. The Bertz CT molecular complexity index is 595. The van der Waals surface area contributed by atoms with Crippen LogP contribution in [0.2, 0.25) is 0 Å². The highest BCUT2D eigenvalue weighted by Crippen LogP contribution is 2.18. The summed E-state index contributed by atoms with van der Waals surface area (Å²) in [6.07, 6.45) is 1.77. The van der Waals surface area contributed by atoms with Crippen molar-refractivity contribution in [2.75, 3.05) is 5.32 Å². The summed E-state index contributed by atoms with van der Waals surface area (Å²) in [4.78, 5) is 18.5. The largest absolute Gasteiger partial charge is 0.326 e. The van der Waals surface area contributed by atoms with Crippen LogP contribution < -0.4 is 10.9 Å². The standard InChI is InChI=1S/C13H14BrN3O/c1-2-4-10-8-12(18)17-13(15-10)16-11-6-3-5-9(14)7-11/h3,5-8H,2,4H2,1H3,(H2,15,16,17,18). The van der Waals surface area contributed by atoms with Crippen molar-refractivity contribution in [2.24, 2.45) is 0 Å². The Morgan fingerprint density at radius 1 is 1.39 bits per heavy atom. The molecule has 0 radical (unpaired) electrons. The normalized spacial score (nSPS) is 10.3. The minimum Gasteiger partial charge on any atom is -0.326 e. The Labute approximate surface area is 114 Å². The third-order valence-electron chi connectivity index (χ3n) is 2.39. The van der Waals surface area contributed by atoms with Gasteiger partial charge in [-0.25, -0.2) is 4.98 Å². The molecule has 0 aliphatic carbocycles. The molecule has 2 aromatic rings.